The van der Waals surface area contributed by atoms with Crippen molar-refractivity contribution in [3.8, 4) is 16.3 Å². The number of amides is 1. The smallest absolute Gasteiger partial charge is 0.219 e. The summed E-state index contributed by atoms with van der Waals surface area (Å²) in [5.74, 6) is 0.988. The quantitative estimate of drug-likeness (QED) is 0.777. The summed E-state index contributed by atoms with van der Waals surface area (Å²) in [5, 5.41) is 3.07. The molecule has 24 heavy (non-hydrogen) atoms. The maximum Gasteiger partial charge on any atom is 0.219 e. The van der Waals surface area contributed by atoms with E-state index in [1.807, 2.05) is 23.1 Å². The summed E-state index contributed by atoms with van der Waals surface area (Å²) in [4.78, 5) is 20.4. The number of benzene rings is 1. The molecule has 1 aliphatic heterocycles. The number of aromatic nitrogens is 1. The molecule has 0 unspecified atom stereocenters. The highest BCUT2D eigenvalue weighted by Crippen LogP contribution is 2.34. The number of carbonyl (C=O) groups is 1. The number of halogens is 1. The van der Waals surface area contributed by atoms with Crippen LogP contribution in [0, 0.1) is 0 Å². The topological polar surface area (TPSA) is 45.7 Å². The average Bonchev–Trinajstić information content (AvgIpc) is 3.03. The van der Waals surface area contributed by atoms with Gasteiger partial charge >= 0.3 is 0 Å². The van der Waals surface area contributed by atoms with Gasteiger partial charge in [0.2, 0.25) is 5.91 Å². The van der Waals surface area contributed by atoms with Gasteiger partial charge in [0, 0.05) is 49.5 Å². The van der Waals surface area contributed by atoms with Crippen molar-refractivity contribution in [3.05, 3.63) is 33.7 Å². The summed E-state index contributed by atoms with van der Waals surface area (Å²) in [7, 11) is 1.68. The zero-order valence-electron chi connectivity index (χ0n) is 13.8. The van der Waals surface area contributed by atoms with E-state index < -0.39 is 0 Å². The lowest BCUT2D eigenvalue weighted by molar-refractivity contribution is -0.130. The van der Waals surface area contributed by atoms with Crippen LogP contribution in [0.25, 0.3) is 10.6 Å². The molecule has 1 saturated heterocycles. The van der Waals surface area contributed by atoms with Crippen LogP contribution in [0.2, 0.25) is 0 Å². The first-order valence-corrected chi connectivity index (χ1v) is 9.50. The van der Waals surface area contributed by atoms with E-state index in [0.29, 0.717) is 0 Å². The Hall–Kier alpha value is -1.44. The molecule has 0 aliphatic carbocycles. The first-order chi connectivity index (χ1) is 11.6. The van der Waals surface area contributed by atoms with Gasteiger partial charge in [-0.2, -0.15) is 0 Å². The Morgan fingerprint density at radius 1 is 1.33 bits per heavy atom. The van der Waals surface area contributed by atoms with Gasteiger partial charge < -0.3 is 9.64 Å². The van der Waals surface area contributed by atoms with Crippen LogP contribution in [0.5, 0.6) is 5.75 Å². The highest BCUT2D eigenvalue weighted by Gasteiger charge is 2.19. The van der Waals surface area contributed by atoms with E-state index in [1.54, 1.807) is 25.4 Å². The Balaban J connectivity index is 1.68. The van der Waals surface area contributed by atoms with Crippen LogP contribution < -0.4 is 4.74 Å². The van der Waals surface area contributed by atoms with Gasteiger partial charge in [-0.3, -0.25) is 9.69 Å². The minimum absolute atomic E-state index is 0.160. The molecular weight excluding hydrogens is 390 g/mol. The molecule has 1 amide bonds. The van der Waals surface area contributed by atoms with Crippen molar-refractivity contribution in [2.75, 3.05) is 33.3 Å². The van der Waals surface area contributed by atoms with Crippen molar-refractivity contribution in [1.82, 2.24) is 14.8 Å². The Morgan fingerprint density at radius 2 is 2.08 bits per heavy atom. The van der Waals surface area contributed by atoms with E-state index in [4.69, 9.17) is 9.72 Å². The third kappa shape index (κ3) is 3.96. The van der Waals surface area contributed by atoms with Gasteiger partial charge in [0.15, 0.2) is 0 Å². The fourth-order valence-electron chi connectivity index (χ4n) is 2.80. The van der Waals surface area contributed by atoms with Crippen molar-refractivity contribution in [2.45, 2.75) is 13.5 Å². The lowest BCUT2D eigenvalue weighted by atomic mass is 10.2. The molecule has 0 radical (unpaired) electrons. The number of hydrogen-bond acceptors (Lipinski definition) is 5. The standard InChI is InChI=1S/C17H20BrN3O2S/c1-12(22)21-7-5-20(6-8-21)10-14-11-24-17(19-14)15-9-13(18)3-4-16(15)23-2/h3-4,9,11H,5-8,10H2,1-2H3. The Bertz CT molecular complexity index is 726. The van der Waals surface area contributed by atoms with Crippen molar-refractivity contribution in [1.29, 1.82) is 0 Å². The molecule has 3 rings (SSSR count). The lowest BCUT2D eigenvalue weighted by Gasteiger charge is -2.33. The monoisotopic (exact) mass is 409 g/mol. The minimum atomic E-state index is 0.160. The molecule has 1 fully saturated rings. The number of nitrogens with zero attached hydrogens (tertiary/aromatic N) is 3. The predicted molar refractivity (Wildman–Crippen MR) is 99.3 cm³/mol. The van der Waals surface area contributed by atoms with E-state index in [0.717, 1.165) is 59.2 Å². The molecule has 0 N–H and O–H groups in total. The van der Waals surface area contributed by atoms with Crippen LogP contribution in [-0.2, 0) is 11.3 Å². The van der Waals surface area contributed by atoms with Crippen molar-refractivity contribution in [2.24, 2.45) is 0 Å². The number of hydrogen-bond donors (Lipinski definition) is 0. The summed E-state index contributed by atoms with van der Waals surface area (Å²) >= 11 is 5.14. The summed E-state index contributed by atoms with van der Waals surface area (Å²) in [5.41, 5.74) is 2.07. The minimum Gasteiger partial charge on any atom is -0.496 e. The normalized spacial score (nSPS) is 15.5. The lowest BCUT2D eigenvalue weighted by Crippen LogP contribution is -2.47. The zero-order chi connectivity index (χ0) is 17.1. The number of methoxy groups -OCH3 is 1. The van der Waals surface area contributed by atoms with Crippen LogP contribution in [-0.4, -0.2) is 54.0 Å². The highest BCUT2D eigenvalue weighted by atomic mass is 79.9. The molecule has 7 heteroatoms. The van der Waals surface area contributed by atoms with Crippen molar-refractivity contribution < 1.29 is 9.53 Å². The summed E-state index contributed by atoms with van der Waals surface area (Å²) in [6.45, 7) is 5.84. The van der Waals surface area contributed by atoms with Crippen LogP contribution in [0.4, 0.5) is 0 Å². The SMILES string of the molecule is COc1ccc(Br)cc1-c1nc(CN2CCN(C(C)=O)CC2)cs1. The third-order valence-electron chi connectivity index (χ3n) is 4.15. The first-order valence-electron chi connectivity index (χ1n) is 7.83. The molecular formula is C17H20BrN3O2S. The molecule has 2 heterocycles. The van der Waals surface area contributed by atoms with Gasteiger partial charge in [0.1, 0.15) is 10.8 Å². The Morgan fingerprint density at radius 3 is 2.75 bits per heavy atom. The van der Waals surface area contributed by atoms with Gasteiger partial charge in [-0.05, 0) is 18.2 Å². The summed E-state index contributed by atoms with van der Waals surface area (Å²) in [6.07, 6.45) is 0. The molecule has 128 valence electrons. The largest absolute Gasteiger partial charge is 0.496 e. The van der Waals surface area contributed by atoms with E-state index in [1.165, 1.54) is 0 Å². The maximum absolute atomic E-state index is 11.4. The molecule has 0 saturated carbocycles. The zero-order valence-corrected chi connectivity index (χ0v) is 16.2. The third-order valence-corrected chi connectivity index (χ3v) is 5.56. The summed E-state index contributed by atoms with van der Waals surface area (Å²) < 4.78 is 6.46. The van der Waals surface area contributed by atoms with Crippen molar-refractivity contribution >= 4 is 33.2 Å². The van der Waals surface area contributed by atoms with E-state index in [-0.39, 0.29) is 5.91 Å². The van der Waals surface area contributed by atoms with Gasteiger partial charge in [-0.15, -0.1) is 11.3 Å². The fraction of sp³-hybridized carbons (Fsp3) is 0.412. The second-order valence-electron chi connectivity index (χ2n) is 5.77. The molecule has 5 nitrogen and oxygen atoms in total. The number of piperazine rings is 1. The van der Waals surface area contributed by atoms with Gasteiger partial charge in [0.05, 0.1) is 18.4 Å². The van der Waals surface area contributed by atoms with Gasteiger partial charge in [-0.1, -0.05) is 15.9 Å². The van der Waals surface area contributed by atoms with E-state index in [9.17, 15) is 4.79 Å². The second kappa shape index (κ2) is 7.63. The van der Waals surface area contributed by atoms with E-state index >= 15 is 0 Å². The highest BCUT2D eigenvalue weighted by molar-refractivity contribution is 9.10. The second-order valence-corrected chi connectivity index (χ2v) is 7.54. The van der Waals surface area contributed by atoms with Crippen molar-refractivity contribution in [3.63, 3.8) is 0 Å². The molecule has 0 spiro atoms. The molecule has 0 bridgehead atoms. The Kier molecular flexibility index (Phi) is 5.53. The van der Waals surface area contributed by atoms with Crippen LogP contribution >= 0.6 is 27.3 Å². The average molecular weight is 410 g/mol. The van der Waals surface area contributed by atoms with Crippen LogP contribution in [0.15, 0.2) is 28.1 Å². The molecule has 1 aromatic heterocycles. The van der Waals surface area contributed by atoms with Gasteiger partial charge in [-0.25, -0.2) is 4.98 Å². The predicted octanol–water partition coefficient (Wildman–Crippen LogP) is 3.25. The number of rotatable bonds is 4. The number of thiazole rings is 1. The summed E-state index contributed by atoms with van der Waals surface area (Å²) in [6, 6.07) is 5.94. The van der Waals surface area contributed by atoms with E-state index in [2.05, 4.69) is 26.2 Å². The molecule has 2 aromatic rings. The molecule has 1 aliphatic rings. The maximum atomic E-state index is 11.4. The number of ether oxygens (including phenoxy) is 1. The fourth-order valence-corrected chi connectivity index (χ4v) is 3.99. The number of carbonyl (C=O) groups excluding carboxylic acids is 1. The molecule has 1 aromatic carbocycles. The van der Waals surface area contributed by atoms with Crippen LogP contribution in [0.3, 0.4) is 0 Å². The first kappa shape index (κ1) is 17.4. The van der Waals surface area contributed by atoms with Gasteiger partial charge in [0.25, 0.3) is 0 Å². The van der Waals surface area contributed by atoms with Crippen LogP contribution in [0.1, 0.15) is 12.6 Å². The Labute approximate surface area is 154 Å². The molecule has 0 atom stereocenters.